The molecule has 0 aliphatic carbocycles. The Hall–Kier alpha value is -1.50. The zero-order valence-corrected chi connectivity index (χ0v) is 14.5. The molecule has 0 atom stereocenters. The number of rotatable bonds is 5. The highest BCUT2D eigenvalue weighted by molar-refractivity contribution is 7.98. The van der Waals surface area contributed by atoms with Gasteiger partial charge in [0.1, 0.15) is 21.2 Å². The molecule has 2 N–H and O–H groups in total. The Bertz CT molecular complexity index is 826. The molecule has 22 heavy (non-hydrogen) atoms. The lowest BCUT2D eigenvalue weighted by Crippen LogP contribution is -2.11. The summed E-state index contributed by atoms with van der Waals surface area (Å²) in [5.41, 5.74) is 7.87. The highest BCUT2D eigenvalue weighted by atomic mass is 32.2. The first-order chi connectivity index (χ1) is 10.7. The number of hydrogen-bond acceptors (Lipinski definition) is 5. The maximum absolute atomic E-state index is 5.79. The molecule has 0 fully saturated rings. The zero-order chi connectivity index (χ0) is 15.5. The smallest absolute Gasteiger partial charge is 0.128 e. The van der Waals surface area contributed by atoms with E-state index < -0.39 is 0 Å². The number of benzene rings is 1. The molecule has 6 heteroatoms. The third-order valence-electron chi connectivity index (χ3n) is 3.34. The number of nitrogens with zero attached hydrogens (tertiary/aromatic N) is 2. The summed E-state index contributed by atoms with van der Waals surface area (Å²) in [6.07, 6.45) is 2.66. The van der Waals surface area contributed by atoms with Gasteiger partial charge in [0.2, 0.25) is 0 Å². The largest absolute Gasteiger partial charge is 0.389 e. The monoisotopic (exact) mass is 345 g/mol. The molecule has 0 spiro atoms. The van der Waals surface area contributed by atoms with Crippen LogP contribution in [0.3, 0.4) is 0 Å². The molecule has 0 saturated heterocycles. The number of nitrogens with two attached hydrogens (primary N) is 1. The molecule has 2 heterocycles. The molecule has 0 aliphatic rings. The number of fused-ring (bicyclic) bond motifs is 1. The van der Waals surface area contributed by atoms with Crippen LogP contribution in [-0.2, 0) is 12.2 Å². The van der Waals surface area contributed by atoms with Gasteiger partial charge in [0.25, 0.3) is 0 Å². The van der Waals surface area contributed by atoms with Crippen molar-refractivity contribution in [2.75, 3.05) is 0 Å². The van der Waals surface area contributed by atoms with Crippen molar-refractivity contribution in [3.63, 3.8) is 0 Å². The molecular formula is C16H15N3S3. The van der Waals surface area contributed by atoms with Crippen molar-refractivity contribution < 1.29 is 0 Å². The number of hydrogen-bond donors (Lipinski definition) is 1. The Labute approximate surface area is 143 Å². The van der Waals surface area contributed by atoms with Crippen molar-refractivity contribution in [1.82, 2.24) is 9.97 Å². The van der Waals surface area contributed by atoms with Gasteiger partial charge in [-0.1, -0.05) is 43.4 Å². The summed E-state index contributed by atoms with van der Waals surface area (Å²) in [5.74, 6) is 0.789. The lowest BCUT2D eigenvalue weighted by Gasteiger charge is -2.07. The fourth-order valence-corrected chi connectivity index (χ4v) is 4.38. The topological polar surface area (TPSA) is 51.8 Å². The molecule has 1 aromatic carbocycles. The number of aryl methyl sites for hydroxylation is 1. The van der Waals surface area contributed by atoms with Crippen LogP contribution in [0.2, 0.25) is 0 Å². The molecule has 2 aromatic heterocycles. The van der Waals surface area contributed by atoms with E-state index in [-0.39, 0.29) is 0 Å². The van der Waals surface area contributed by atoms with Crippen LogP contribution < -0.4 is 5.73 Å². The quantitative estimate of drug-likeness (QED) is 0.427. The standard InChI is InChI=1S/C16H15N3S3/c1-2-11-7-13-15(18-9-19-16(13)22-11)21-8-10-5-3-4-6-12(10)14(17)20/h3-7,9H,2,8H2,1H3,(H2,17,20). The van der Waals surface area contributed by atoms with Crippen molar-refractivity contribution in [2.24, 2.45) is 5.73 Å². The summed E-state index contributed by atoms with van der Waals surface area (Å²) >= 11 is 8.56. The summed E-state index contributed by atoms with van der Waals surface area (Å²) in [6.45, 7) is 2.16. The minimum Gasteiger partial charge on any atom is -0.389 e. The Balaban J connectivity index is 1.88. The first kappa shape index (κ1) is 15.4. The minimum absolute atomic E-state index is 0.438. The Kier molecular flexibility index (Phi) is 4.71. The van der Waals surface area contributed by atoms with Gasteiger partial charge < -0.3 is 5.73 Å². The van der Waals surface area contributed by atoms with Crippen LogP contribution in [-0.4, -0.2) is 15.0 Å². The van der Waals surface area contributed by atoms with Gasteiger partial charge >= 0.3 is 0 Å². The number of thioether (sulfide) groups is 1. The lowest BCUT2D eigenvalue weighted by molar-refractivity contribution is 1.10. The molecule has 112 valence electrons. The fourth-order valence-electron chi connectivity index (χ4n) is 2.21. The van der Waals surface area contributed by atoms with Gasteiger partial charge in [-0.15, -0.1) is 23.1 Å². The van der Waals surface area contributed by atoms with Crippen LogP contribution in [0.25, 0.3) is 10.2 Å². The Morgan fingerprint density at radius 3 is 2.91 bits per heavy atom. The van der Waals surface area contributed by atoms with E-state index in [0.717, 1.165) is 38.5 Å². The maximum atomic E-state index is 5.79. The second-order valence-corrected chi connectivity index (χ2v) is 7.29. The van der Waals surface area contributed by atoms with E-state index in [0.29, 0.717) is 4.99 Å². The predicted molar refractivity (Wildman–Crippen MR) is 98.7 cm³/mol. The highest BCUT2D eigenvalue weighted by Crippen LogP contribution is 2.32. The summed E-state index contributed by atoms with van der Waals surface area (Å²) < 4.78 is 0. The highest BCUT2D eigenvalue weighted by Gasteiger charge is 2.10. The first-order valence-electron chi connectivity index (χ1n) is 6.93. The van der Waals surface area contributed by atoms with Gasteiger partial charge in [0.05, 0.1) is 0 Å². The van der Waals surface area contributed by atoms with Crippen LogP contribution in [0.5, 0.6) is 0 Å². The summed E-state index contributed by atoms with van der Waals surface area (Å²) in [6, 6.07) is 10.2. The second-order valence-electron chi connectivity index (χ2n) is 4.77. The maximum Gasteiger partial charge on any atom is 0.128 e. The molecular weight excluding hydrogens is 330 g/mol. The van der Waals surface area contributed by atoms with E-state index in [4.69, 9.17) is 18.0 Å². The SMILES string of the molecule is CCc1cc2c(SCc3ccccc3C(N)=S)ncnc2s1. The molecule has 0 saturated carbocycles. The van der Waals surface area contributed by atoms with Crippen molar-refractivity contribution in [3.8, 4) is 0 Å². The average molecular weight is 346 g/mol. The van der Waals surface area contributed by atoms with Gasteiger partial charge in [0, 0.05) is 21.6 Å². The van der Waals surface area contributed by atoms with E-state index in [1.54, 1.807) is 29.4 Å². The van der Waals surface area contributed by atoms with Crippen molar-refractivity contribution >= 4 is 50.5 Å². The van der Waals surface area contributed by atoms with Gasteiger partial charge in [-0.05, 0) is 18.1 Å². The van der Waals surface area contributed by atoms with E-state index in [2.05, 4.69) is 29.0 Å². The van der Waals surface area contributed by atoms with Crippen LogP contribution in [0, 0.1) is 0 Å². The van der Waals surface area contributed by atoms with Gasteiger partial charge in [-0.2, -0.15) is 0 Å². The zero-order valence-electron chi connectivity index (χ0n) is 12.1. The molecule has 0 amide bonds. The van der Waals surface area contributed by atoms with Gasteiger partial charge in [-0.25, -0.2) is 9.97 Å². The fraction of sp³-hybridized carbons (Fsp3) is 0.188. The number of thiophene rings is 1. The minimum atomic E-state index is 0.438. The van der Waals surface area contributed by atoms with Crippen LogP contribution >= 0.6 is 35.3 Å². The lowest BCUT2D eigenvalue weighted by atomic mass is 10.1. The first-order valence-corrected chi connectivity index (χ1v) is 9.14. The van der Waals surface area contributed by atoms with Crippen molar-refractivity contribution in [1.29, 1.82) is 0 Å². The van der Waals surface area contributed by atoms with Gasteiger partial charge in [-0.3, -0.25) is 0 Å². The number of aromatic nitrogens is 2. The summed E-state index contributed by atoms with van der Waals surface area (Å²) in [4.78, 5) is 11.6. The van der Waals surface area contributed by atoms with E-state index in [9.17, 15) is 0 Å². The third kappa shape index (κ3) is 3.14. The van der Waals surface area contributed by atoms with Crippen LogP contribution in [0.4, 0.5) is 0 Å². The molecule has 0 unspecified atom stereocenters. The summed E-state index contributed by atoms with van der Waals surface area (Å²) in [5, 5.41) is 2.15. The number of thiocarbonyl (C=S) groups is 1. The molecule has 0 radical (unpaired) electrons. The molecule has 0 aliphatic heterocycles. The van der Waals surface area contributed by atoms with Crippen LogP contribution in [0.1, 0.15) is 22.9 Å². The molecule has 3 aromatic rings. The Morgan fingerprint density at radius 1 is 1.32 bits per heavy atom. The van der Waals surface area contributed by atoms with E-state index in [1.165, 1.54) is 4.88 Å². The normalized spacial score (nSPS) is 11.0. The molecule has 3 nitrogen and oxygen atoms in total. The summed E-state index contributed by atoms with van der Waals surface area (Å²) in [7, 11) is 0. The van der Waals surface area contributed by atoms with E-state index in [1.807, 2.05) is 18.2 Å². The molecule has 3 rings (SSSR count). The van der Waals surface area contributed by atoms with Crippen molar-refractivity contribution in [2.45, 2.75) is 24.1 Å². The van der Waals surface area contributed by atoms with Gasteiger partial charge in [0.15, 0.2) is 0 Å². The third-order valence-corrected chi connectivity index (χ3v) is 5.80. The van der Waals surface area contributed by atoms with E-state index >= 15 is 0 Å². The average Bonchev–Trinajstić information content (AvgIpc) is 2.96. The Morgan fingerprint density at radius 2 is 2.14 bits per heavy atom. The second kappa shape index (κ2) is 6.73. The van der Waals surface area contributed by atoms with Crippen molar-refractivity contribution in [3.05, 3.63) is 52.7 Å². The molecule has 0 bridgehead atoms. The van der Waals surface area contributed by atoms with Crippen LogP contribution in [0.15, 0.2) is 41.7 Å². The predicted octanol–water partition coefficient (Wildman–Crippen LogP) is 4.18.